The predicted molar refractivity (Wildman–Crippen MR) is 124 cm³/mol. The Morgan fingerprint density at radius 1 is 1.19 bits per heavy atom. The largest absolute Gasteiger partial charge is 0.463 e. The lowest BCUT2D eigenvalue weighted by atomic mass is 10.2. The highest BCUT2D eigenvalue weighted by molar-refractivity contribution is 6.30. The van der Waals surface area contributed by atoms with Gasteiger partial charge in [0.2, 0.25) is 0 Å². The standard InChI is InChI=1S/C22H25ClN8O/c1-12-20(23)28-22(29-21(12)25-10-19-26-13(2)31(3)30-19)32-11-14-9-15(14)16-6-7-17-18(27-16)5-4-8-24-17/h4-8,14-15,19,30H,9-11H2,1-3H3,(H,25,28,29)/t14-,15+,19?/m1/s1. The molecule has 0 aromatic carbocycles. The Hall–Kier alpha value is -3.04. The summed E-state index contributed by atoms with van der Waals surface area (Å²) in [5.74, 6) is 2.35. The second-order valence-corrected chi connectivity index (χ2v) is 8.58. The van der Waals surface area contributed by atoms with Crippen molar-refractivity contribution in [1.29, 1.82) is 0 Å². The molecule has 2 aliphatic rings. The van der Waals surface area contributed by atoms with Crippen LogP contribution in [-0.2, 0) is 0 Å². The van der Waals surface area contributed by atoms with Crippen LogP contribution in [-0.4, -0.2) is 57.1 Å². The van der Waals surface area contributed by atoms with E-state index in [1.807, 2.05) is 44.1 Å². The molecular weight excluding hydrogens is 428 g/mol. The van der Waals surface area contributed by atoms with E-state index in [0.29, 0.717) is 36.0 Å². The number of aliphatic imine (C=N–C) groups is 1. The van der Waals surface area contributed by atoms with Gasteiger partial charge in [0.1, 0.15) is 23.0 Å². The fourth-order valence-electron chi connectivity index (χ4n) is 3.80. The van der Waals surface area contributed by atoms with E-state index in [2.05, 4.69) is 36.8 Å². The maximum Gasteiger partial charge on any atom is 0.319 e. The molecule has 0 amide bonds. The molecule has 32 heavy (non-hydrogen) atoms. The summed E-state index contributed by atoms with van der Waals surface area (Å²) in [6, 6.07) is 8.26. The van der Waals surface area contributed by atoms with Crippen molar-refractivity contribution in [3.05, 3.63) is 46.9 Å². The van der Waals surface area contributed by atoms with Crippen molar-refractivity contribution in [3.63, 3.8) is 0 Å². The number of halogens is 1. The molecule has 3 aromatic rings. The van der Waals surface area contributed by atoms with Gasteiger partial charge in [-0.25, -0.2) is 10.4 Å². The van der Waals surface area contributed by atoms with Crippen LogP contribution in [0, 0.1) is 12.8 Å². The summed E-state index contributed by atoms with van der Waals surface area (Å²) in [5.41, 5.74) is 6.94. The lowest BCUT2D eigenvalue weighted by Gasteiger charge is -2.16. The number of nitrogens with one attached hydrogen (secondary N) is 2. The average molecular weight is 453 g/mol. The van der Waals surface area contributed by atoms with Gasteiger partial charge in [0.25, 0.3) is 0 Å². The van der Waals surface area contributed by atoms with Crippen molar-refractivity contribution < 1.29 is 4.74 Å². The number of pyridine rings is 2. The predicted octanol–water partition coefficient (Wildman–Crippen LogP) is 3.17. The fourth-order valence-corrected chi connectivity index (χ4v) is 3.97. The van der Waals surface area contributed by atoms with E-state index in [-0.39, 0.29) is 12.2 Å². The summed E-state index contributed by atoms with van der Waals surface area (Å²) in [6.07, 6.45) is 2.75. The number of rotatable bonds is 7. The van der Waals surface area contributed by atoms with Crippen LogP contribution in [0.1, 0.15) is 30.5 Å². The van der Waals surface area contributed by atoms with Crippen molar-refractivity contribution in [1.82, 2.24) is 30.4 Å². The molecule has 0 radical (unpaired) electrons. The van der Waals surface area contributed by atoms with Gasteiger partial charge in [0.15, 0.2) is 0 Å². The van der Waals surface area contributed by atoms with Gasteiger partial charge < -0.3 is 10.1 Å². The Bertz CT molecular complexity index is 1190. The number of hydrazine groups is 1. The van der Waals surface area contributed by atoms with Crippen LogP contribution >= 0.6 is 11.6 Å². The lowest BCUT2D eigenvalue weighted by molar-refractivity contribution is 0.274. The number of hydrogen-bond donors (Lipinski definition) is 2. The molecule has 0 spiro atoms. The first-order valence-corrected chi connectivity index (χ1v) is 11.0. The first kappa shape index (κ1) is 20.8. The van der Waals surface area contributed by atoms with Gasteiger partial charge in [-0.1, -0.05) is 11.6 Å². The van der Waals surface area contributed by atoms with Crippen molar-refractivity contribution in [2.75, 3.05) is 25.5 Å². The summed E-state index contributed by atoms with van der Waals surface area (Å²) < 4.78 is 5.91. The van der Waals surface area contributed by atoms with E-state index in [1.54, 1.807) is 6.20 Å². The number of amidine groups is 1. The van der Waals surface area contributed by atoms with Gasteiger partial charge in [0, 0.05) is 36.3 Å². The van der Waals surface area contributed by atoms with Crippen LogP contribution in [0.25, 0.3) is 11.0 Å². The van der Waals surface area contributed by atoms with Crippen LogP contribution in [0.4, 0.5) is 5.82 Å². The third-order valence-corrected chi connectivity index (χ3v) is 6.27. The van der Waals surface area contributed by atoms with Gasteiger partial charge in [-0.2, -0.15) is 9.97 Å². The molecule has 5 rings (SSSR count). The molecule has 1 fully saturated rings. The van der Waals surface area contributed by atoms with Gasteiger partial charge >= 0.3 is 6.01 Å². The first-order chi connectivity index (χ1) is 15.5. The van der Waals surface area contributed by atoms with Crippen molar-refractivity contribution in [3.8, 4) is 6.01 Å². The normalized spacial score (nSPS) is 22.2. The summed E-state index contributed by atoms with van der Waals surface area (Å²) in [7, 11) is 1.94. The van der Waals surface area contributed by atoms with E-state index in [1.165, 1.54) is 0 Å². The topological polar surface area (TPSA) is 100 Å². The van der Waals surface area contributed by atoms with Crippen molar-refractivity contribution in [2.45, 2.75) is 32.4 Å². The minimum absolute atomic E-state index is 0.0608. The Balaban J connectivity index is 1.20. The van der Waals surface area contributed by atoms with Crippen LogP contribution in [0.5, 0.6) is 6.01 Å². The Morgan fingerprint density at radius 3 is 2.88 bits per heavy atom. The van der Waals surface area contributed by atoms with Crippen LogP contribution in [0.15, 0.2) is 35.5 Å². The Kier molecular flexibility index (Phi) is 5.52. The van der Waals surface area contributed by atoms with Crippen molar-refractivity contribution in [2.24, 2.45) is 10.9 Å². The highest BCUT2D eigenvalue weighted by Gasteiger charge is 2.40. The fraction of sp³-hybridized carbons (Fsp3) is 0.409. The van der Waals surface area contributed by atoms with E-state index in [9.17, 15) is 0 Å². The quantitative estimate of drug-likeness (QED) is 0.527. The zero-order chi connectivity index (χ0) is 22.2. The summed E-state index contributed by atoms with van der Waals surface area (Å²) >= 11 is 6.33. The number of ether oxygens (including phenoxy) is 1. The minimum Gasteiger partial charge on any atom is -0.463 e. The molecule has 0 saturated heterocycles. The van der Waals surface area contributed by atoms with Crippen LogP contribution in [0.2, 0.25) is 5.15 Å². The third kappa shape index (κ3) is 4.31. The van der Waals surface area contributed by atoms with Gasteiger partial charge in [0.05, 0.1) is 24.2 Å². The molecule has 1 saturated carbocycles. The highest BCUT2D eigenvalue weighted by atomic mass is 35.5. The molecule has 10 heteroatoms. The molecule has 4 heterocycles. The monoisotopic (exact) mass is 452 g/mol. The number of anilines is 1. The second-order valence-electron chi connectivity index (χ2n) is 8.22. The lowest BCUT2D eigenvalue weighted by Crippen LogP contribution is -2.39. The number of fused-ring (bicyclic) bond motifs is 1. The van der Waals surface area contributed by atoms with Gasteiger partial charge in [-0.15, -0.1) is 0 Å². The SMILES string of the molecule is CC1=NC(CNc2nc(OC[C@H]3C[C@@H]3c3ccc4ncccc4n3)nc(Cl)c2C)NN1C. The maximum absolute atomic E-state index is 6.33. The van der Waals surface area contributed by atoms with Crippen molar-refractivity contribution >= 4 is 34.3 Å². The van der Waals surface area contributed by atoms with Crippen LogP contribution < -0.4 is 15.5 Å². The van der Waals surface area contributed by atoms with E-state index in [4.69, 9.17) is 21.3 Å². The molecule has 0 bridgehead atoms. The molecule has 9 nitrogen and oxygen atoms in total. The summed E-state index contributed by atoms with van der Waals surface area (Å²) in [6.45, 7) is 4.94. The molecule has 2 N–H and O–H groups in total. The Labute approximate surface area is 191 Å². The third-order valence-electron chi connectivity index (χ3n) is 5.91. The smallest absolute Gasteiger partial charge is 0.319 e. The van der Waals surface area contributed by atoms with Gasteiger partial charge in [-0.3, -0.25) is 15.0 Å². The summed E-state index contributed by atoms with van der Waals surface area (Å²) in [5, 5.41) is 5.58. The molecule has 3 atom stereocenters. The molecular formula is C22H25ClN8O. The Morgan fingerprint density at radius 2 is 2.06 bits per heavy atom. The zero-order valence-corrected chi connectivity index (χ0v) is 19.0. The average Bonchev–Trinajstić information content (AvgIpc) is 3.50. The number of hydrogen-bond acceptors (Lipinski definition) is 9. The zero-order valence-electron chi connectivity index (χ0n) is 18.2. The van der Waals surface area contributed by atoms with E-state index < -0.39 is 0 Å². The number of aromatic nitrogens is 4. The van der Waals surface area contributed by atoms with E-state index >= 15 is 0 Å². The molecule has 1 aliphatic carbocycles. The number of nitrogens with zero attached hydrogens (tertiary/aromatic N) is 6. The second kappa shape index (κ2) is 8.48. The minimum atomic E-state index is -0.0608. The first-order valence-electron chi connectivity index (χ1n) is 10.6. The van der Waals surface area contributed by atoms with Crippen LogP contribution in [0.3, 0.4) is 0 Å². The maximum atomic E-state index is 6.33. The summed E-state index contributed by atoms with van der Waals surface area (Å²) in [4.78, 5) is 22.4. The molecule has 1 aliphatic heterocycles. The van der Waals surface area contributed by atoms with Gasteiger partial charge in [-0.05, 0) is 44.5 Å². The molecule has 166 valence electrons. The van der Waals surface area contributed by atoms with E-state index in [0.717, 1.165) is 34.5 Å². The highest BCUT2D eigenvalue weighted by Crippen LogP contribution is 2.47. The molecule has 1 unspecified atom stereocenters. The molecule has 3 aromatic heterocycles.